The number of amides is 1. The monoisotopic (exact) mass is 274 g/mol. The summed E-state index contributed by atoms with van der Waals surface area (Å²) in [5.74, 6) is 5.55. The molecule has 0 spiro atoms. The van der Waals surface area contributed by atoms with Crippen molar-refractivity contribution >= 4 is 29.1 Å². The van der Waals surface area contributed by atoms with Gasteiger partial charge in [0.2, 0.25) is 0 Å². The van der Waals surface area contributed by atoms with E-state index in [1.54, 1.807) is 18.2 Å². The number of carbonyl (C=O) groups excluding carboxylic acids is 1. The zero-order valence-electron chi connectivity index (χ0n) is 9.91. The predicted octanol–water partition coefficient (Wildman–Crippen LogP) is 3.50. The molecular weight excluding hydrogens is 259 g/mol. The van der Waals surface area contributed by atoms with E-state index in [1.807, 2.05) is 13.8 Å². The summed E-state index contributed by atoms with van der Waals surface area (Å²) in [4.78, 5) is 12.1. The number of carbonyl (C=O) groups is 1. The van der Waals surface area contributed by atoms with Gasteiger partial charge in [-0.25, -0.2) is 5.84 Å². The molecule has 1 rings (SSSR count). The zero-order valence-corrected chi connectivity index (χ0v) is 11.4. The number of hydrazine groups is 1. The molecule has 94 valence electrons. The van der Waals surface area contributed by atoms with Gasteiger partial charge in [0.05, 0.1) is 0 Å². The van der Waals surface area contributed by atoms with Gasteiger partial charge in [-0.2, -0.15) is 0 Å². The summed E-state index contributed by atoms with van der Waals surface area (Å²) < 4.78 is 0. The van der Waals surface area contributed by atoms with Gasteiger partial charge >= 0.3 is 0 Å². The lowest BCUT2D eigenvalue weighted by Crippen LogP contribution is -2.45. The Hall–Kier alpha value is -0.770. The standard InChI is InChI=1S/C12H16Cl2N2O/c1-3-11(4-2)16(15)12(17)8-5-9(13)7-10(14)6-8/h5-7,11H,3-4,15H2,1-2H3. The summed E-state index contributed by atoms with van der Waals surface area (Å²) >= 11 is 11.7. The van der Waals surface area contributed by atoms with Crippen LogP contribution < -0.4 is 5.84 Å². The van der Waals surface area contributed by atoms with Gasteiger partial charge in [0.15, 0.2) is 0 Å². The lowest BCUT2D eigenvalue weighted by atomic mass is 10.1. The van der Waals surface area contributed by atoms with E-state index in [0.717, 1.165) is 12.8 Å². The van der Waals surface area contributed by atoms with Crippen LogP contribution in [0.15, 0.2) is 18.2 Å². The minimum absolute atomic E-state index is 0.0280. The summed E-state index contributed by atoms with van der Waals surface area (Å²) in [6.45, 7) is 3.98. The normalized spacial score (nSPS) is 10.7. The van der Waals surface area contributed by atoms with E-state index >= 15 is 0 Å². The van der Waals surface area contributed by atoms with Gasteiger partial charge in [0, 0.05) is 21.7 Å². The largest absolute Gasteiger partial charge is 0.274 e. The third-order valence-electron chi connectivity index (χ3n) is 2.68. The maximum atomic E-state index is 12.1. The first-order valence-corrected chi connectivity index (χ1v) is 6.29. The Morgan fingerprint density at radius 3 is 2.12 bits per heavy atom. The average molecular weight is 275 g/mol. The van der Waals surface area contributed by atoms with Crippen molar-refractivity contribution in [3.8, 4) is 0 Å². The van der Waals surface area contributed by atoms with E-state index in [1.165, 1.54) is 5.01 Å². The van der Waals surface area contributed by atoms with Crippen molar-refractivity contribution in [2.45, 2.75) is 32.7 Å². The molecule has 0 aliphatic carbocycles. The molecule has 0 unspecified atom stereocenters. The average Bonchev–Trinajstić information content (AvgIpc) is 2.28. The highest BCUT2D eigenvalue weighted by Crippen LogP contribution is 2.20. The van der Waals surface area contributed by atoms with E-state index in [-0.39, 0.29) is 11.9 Å². The van der Waals surface area contributed by atoms with Crippen molar-refractivity contribution in [2.75, 3.05) is 0 Å². The van der Waals surface area contributed by atoms with Gasteiger partial charge in [-0.1, -0.05) is 37.0 Å². The molecule has 0 heterocycles. The van der Waals surface area contributed by atoms with Crippen LogP contribution in [0, 0.1) is 0 Å². The van der Waals surface area contributed by atoms with Gasteiger partial charge in [-0.3, -0.25) is 9.80 Å². The molecule has 0 atom stereocenters. The molecule has 0 saturated heterocycles. The van der Waals surface area contributed by atoms with Crippen LogP contribution >= 0.6 is 23.2 Å². The summed E-state index contributed by atoms with van der Waals surface area (Å²) in [6.07, 6.45) is 1.63. The van der Waals surface area contributed by atoms with Gasteiger partial charge in [0.25, 0.3) is 5.91 Å². The first-order valence-electron chi connectivity index (χ1n) is 5.53. The maximum absolute atomic E-state index is 12.1. The third kappa shape index (κ3) is 3.60. The van der Waals surface area contributed by atoms with Crippen molar-refractivity contribution < 1.29 is 4.79 Å². The van der Waals surface area contributed by atoms with E-state index < -0.39 is 0 Å². The first-order chi connectivity index (χ1) is 7.99. The van der Waals surface area contributed by atoms with Crippen LogP contribution in [0.3, 0.4) is 0 Å². The van der Waals surface area contributed by atoms with E-state index in [0.29, 0.717) is 15.6 Å². The first kappa shape index (κ1) is 14.3. The molecule has 1 amide bonds. The van der Waals surface area contributed by atoms with Crippen LogP contribution in [0.1, 0.15) is 37.0 Å². The Kier molecular flexibility index (Phi) is 5.25. The van der Waals surface area contributed by atoms with Crippen molar-refractivity contribution in [1.82, 2.24) is 5.01 Å². The quantitative estimate of drug-likeness (QED) is 0.519. The van der Waals surface area contributed by atoms with Gasteiger partial charge < -0.3 is 0 Å². The highest BCUT2D eigenvalue weighted by molar-refractivity contribution is 6.35. The summed E-state index contributed by atoms with van der Waals surface area (Å²) in [6, 6.07) is 4.74. The summed E-state index contributed by atoms with van der Waals surface area (Å²) in [7, 11) is 0. The summed E-state index contributed by atoms with van der Waals surface area (Å²) in [5, 5.41) is 2.11. The van der Waals surface area contributed by atoms with Crippen LogP contribution in [0.25, 0.3) is 0 Å². The number of nitrogens with zero attached hydrogens (tertiary/aromatic N) is 1. The van der Waals surface area contributed by atoms with Crippen LogP contribution in [-0.2, 0) is 0 Å². The van der Waals surface area contributed by atoms with Crippen LogP contribution in [0.4, 0.5) is 0 Å². The molecule has 3 nitrogen and oxygen atoms in total. The fourth-order valence-electron chi connectivity index (χ4n) is 1.67. The van der Waals surface area contributed by atoms with Crippen molar-refractivity contribution in [1.29, 1.82) is 0 Å². The minimum Gasteiger partial charge on any atom is -0.274 e. The number of hydrogen-bond acceptors (Lipinski definition) is 2. The van der Waals surface area contributed by atoms with E-state index in [9.17, 15) is 4.79 Å². The lowest BCUT2D eigenvalue weighted by molar-refractivity contribution is 0.0667. The zero-order chi connectivity index (χ0) is 13.0. The molecule has 0 bridgehead atoms. The molecule has 0 saturated carbocycles. The Morgan fingerprint density at radius 2 is 1.71 bits per heavy atom. The predicted molar refractivity (Wildman–Crippen MR) is 71.2 cm³/mol. The molecule has 1 aromatic rings. The second-order valence-corrected chi connectivity index (χ2v) is 4.71. The lowest BCUT2D eigenvalue weighted by Gasteiger charge is -2.25. The van der Waals surface area contributed by atoms with Crippen molar-refractivity contribution in [2.24, 2.45) is 5.84 Å². The molecule has 0 aliphatic rings. The van der Waals surface area contributed by atoms with E-state index in [2.05, 4.69) is 0 Å². The molecule has 0 aliphatic heterocycles. The molecular formula is C12H16Cl2N2O. The topological polar surface area (TPSA) is 46.3 Å². The molecule has 0 aromatic heterocycles. The number of halogens is 2. The Balaban J connectivity index is 2.95. The fraction of sp³-hybridized carbons (Fsp3) is 0.417. The second kappa shape index (κ2) is 6.24. The van der Waals surface area contributed by atoms with Crippen molar-refractivity contribution in [3.05, 3.63) is 33.8 Å². The van der Waals surface area contributed by atoms with Crippen LogP contribution in [0.5, 0.6) is 0 Å². The SMILES string of the molecule is CCC(CC)N(N)C(=O)c1cc(Cl)cc(Cl)c1. The minimum atomic E-state index is -0.261. The Labute approximate surface area is 111 Å². The number of rotatable bonds is 4. The molecule has 0 fully saturated rings. The second-order valence-electron chi connectivity index (χ2n) is 3.84. The molecule has 1 aromatic carbocycles. The van der Waals surface area contributed by atoms with Gasteiger partial charge in [-0.15, -0.1) is 0 Å². The highest BCUT2D eigenvalue weighted by atomic mass is 35.5. The smallest absolute Gasteiger partial charge is 0.268 e. The number of hydrogen-bond donors (Lipinski definition) is 1. The maximum Gasteiger partial charge on any atom is 0.268 e. The van der Waals surface area contributed by atoms with Crippen LogP contribution in [-0.4, -0.2) is 17.0 Å². The Bertz CT molecular complexity index is 385. The molecule has 17 heavy (non-hydrogen) atoms. The fourth-order valence-corrected chi connectivity index (χ4v) is 2.20. The third-order valence-corrected chi connectivity index (χ3v) is 3.12. The van der Waals surface area contributed by atoms with Crippen LogP contribution in [0.2, 0.25) is 10.0 Å². The Morgan fingerprint density at radius 1 is 1.24 bits per heavy atom. The molecule has 2 N–H and O–H groups in total. The summed E-state index contributed by atoms with van der Waals surface area (Å²) in [5.41, 5.74) is 0.414. The van der Waals surface area contributed by atoms with Gasteiger partial charge in [-0.05, 0) is 31.0 Å². The number of benzene rings is 1. The van der Waals surface area contributed by atoms with Gasteiger partial charge in [0.1, 0.15) is 0 Å². The highest BCUT2D eigenvalue weighted by Gasteiger charge is 2.19. The molecule has 0 radical (unpaired) electrons. The molecule has 5 heteroatoms. The van der Waals surface area contributed by atoms with E-state index in [4.69, 9.17) is 29.0 Å². The van der Waals surface area contributed by atoms with Crippen molar-refractivity contribution in [3.63, 3.8) is 0 Å². The number of nitrogens with two attached hydrogens (primary N) is 1.